The zero-order valence-corrected chi connectivity index (χ0v) is 15.8. The number of pyridine rings is 1. The number of fused-ring (bicyclic) bond motifs is 1. The molecule has 3 heterocycles. The van der Waals surface area contributed by atoms with E-state index in [0.717, 1.165) is 39.3 Å². The van der Waals surface area contributed by atoms with Crippen molar-refractivity contribution in [3.63, 3.8) is 0 Å². The number of benzene rings is 2. The molecule has 28 heavy (non-hydrogen) atoms. The number of rotatable bonds is 5. The van der Waals surface area contributed by atoms with Crippen molar-refractivity contribution >= 4 is 17.4 Å². The van der Waals surface area contributed by atoms with Crippen LogP contribution >= 0.6 is 11.8 Å². The molecule has 0 aliphatic heterocycles. The topological polar surface area (TPSA) is 48.0 Å². The van der Waals surface area contributed by atoms with E-state index in [1.54, 1.807) is 11.8 Å². The zero-order valence-electron chi connectivity index (χ0n) is 15.0. The van der Waals surface area contributed by atoms with Crippen LogP contribution in [0.4, 0.5) is 0 Å². The largest absolute Gasteiger partial charge is 0.307 e. The lowest BCUT2D eigenvalue weighted by Crippen LogP contribution is -1.99. The number of thioether (sulfide) groups is 1. The van der Waals surface area contributed by atoms with E-state index in [0.29, 0.717) is 0 Å². The van der Waals surface area contributed by atoms with Gasteiger partial charge in [-0.3, -0.25) is 4.57 Å². The van der Waals surface area contributed by atoms with Crippen LogP contribution in [-0.4, -0.2) is 24.1 Å². The Hall–Kier alpha value is -3.38. The van der Waals surface area contributed by atoms with Crippen LogP contribution in [-0.2, 0) is 5.75 Å². The van der Waals surface area contributed by atoms with Crippen LogP contribution in [0.15, 0.2) is 96.4 Å². The highest BCUT2D eigenvalue weighted by molar-refractivity contribution is 7.98. The minimum atomic E-state index is 0.724. The third-order valence-corrected chi connectivity index (χ3v) is 5.41. The summed E-state index contributed by atoms with van der Waals surface area (Å²) >= 11 is 1.64. The monoisotopic (exact) mass is 383 g/mol. The fraction of sp³-hybridized carbons (Fsp3) is 0.0455. The molecule has 0 radical (unpaired) electrons. The highest BCUT2D eigenvalue weighted by Crippen LogP contribution is 2.29. The number of aromatic nitrogens is 5. The third-order valence-electron chi connectivity index (χ3n) is 4.44. The second-order valence-corrected chi connectivity index (χ2v) is 7.27. The third kappa shape index (κ3) is 3.18. The number of hydrogen-bond donors (Lipinski definition) is 0. The van der Waals surface area contributed by atoms with Crippen LogP contribution in [0.5, 0.6) is 0 Å². The van der Waals surface area contributed by atoms with Gasteiger partial charge in [0.15, 0.2) is 11.0 Å². The molecule has 136 valence electrons. The Bertz CT molecular complexity index is 1180. The van der Waals surface area contributed by atoms with E-state index in [2.05, 4.69) is 50.2 Å². The molecular formula is C22H17N5S. The molecule has 0 atom stereocenters. The Morgan fingerprint density at radius 2 is 1.54 bits per heavy atom. The summed E-state index contributed by atoms with van der Waals surface area (Å²) in [4.78, 5) is 4.68. The fourth-order valence-corrected chi connectivity index (χ4v) is 3.98. The molecule has 0 aliphatic rings. The molecule has 5 aromatic rings. The predicted octanol–water partition coefficient (Wildman–Crippen LogP) is 4.87. The maximum atomic E-state index is 4.68. The highest BCUT2D eigenvalue weighted by Gasteiger charge is 2.16. The first-order chi connectivity index (χ1) is 13.9. The van der Waals surface area contributed by atoms with E-state index < -0.39 is 0 Å². The van der Waals surface area contributed by atoms with E-state index in [9.17, 15) is 0 Å². The van der Waals surface area contributed by atoms with Crippen molar-refractivity contribution in [1.29, 1.82) is 0 Å². The van der Waals surface area contributed by atoms with Gasteiger partial charge in [-0.2, -0.15) is 0 Å². The van der Waals surface area contributed by atoms with Gasteiger partial charge in [0.25, 0.3) is 0 Å². The van der Waals surface area contributed by atoms with Crippen molar-refractivity contribution in [3.8, 4) is 17.1 Å². The highest BCUT2D eigenvalue weighted by atomic mass is 32.2. The van der Waals surface area contributed by atoms with Gasteiger partial charge in [0, 0.05) is 29.4 Å². The summed E-state index contributed by atoms with van der Waals surface area (Å²) in [6.45, 7) is 0. The average molecular weight is 383 g/mol. The van der Waals surface area contributed by atoms with Crippen molar-refractivity contribution in [3.05, 3.63) is 97.0 Å². The maximum absolute atomic E-state index is 4.68. The summed E-state index contributed by atoms with van der Waals surface area (Å²) in [7, 11) is 0. The minimum Gasteiger partial charge on any atom is -0.307 e. The lowest BCUT2D eigenvalue weighted by atomic mass is 10.2. The molecule has 0 unspecified atom stereocenters. The van der Waals surface area contributed by atoms with Crippen LogP contribution in [0.1, 0.15) is 5.69 Å². The summed E-state index contributed by atoms with van der Waals surface area (Å²) in [6, 6.07) is 26.4. The van der Waals surface area contributed by atoms with Gasteiger partial charge in [-0.25, -0.2) is 4.98 Å². The standard InChI is InChI=1S/C22H17N5S/c1-3-9-17(10-4-1)21-24-25-22(27(21)19-11-5-2-6-12-19)28-16-18-15-26-14-8-7-13-20(26)23-18/h1-15H,16H2. The lowest BCUT2D eigenvalue weighted by molar-refractivity contribution is 0.885. The van der Waals surface area contributed by atoms with Crippen LogP contribution in [0.2, 0.25) is 0 Å². The molecule has 0 bridgehead atoms. The molecule has 2 aromatic carbocycles. The number of para-hydroxylation sites is 1. The van der Waals surface area contributed by atoms with Crippen molar-refractivity contribution in [1.82, 2.24) is 24.1 Å². The Labute approximate surface area is 166 Å². The maximum Gasteiger partial charge on any atom is 0.196 e. The summed E-state index contributed by atoms with van der Waals surface area (Å²) in [5.41, 5.74) is 4.05. The zero-order chi connectivity index (χ0) is 18.8. The van der Waals surface area contributed by atoms with E-state index in [1.165, 1.54) is 0 Å². The van der Waals surface area contributed by atoms with Gasteiger partial charge in [-0.15, -0.1) is 10.2 Å². The first-order valence-corrected chi connectivity index (χ1v) is 9.99. The Kier molecular flexibility index (Phi) is 4.39. The van der Waals surface area contributed by atoms with Crippen LogP contribution in [0.3, 0.4) is 0 Å². The Balaban J connectivity index is 1.51. The lowest BCUT2D eigenvalue weighted by Gasteiger charge is -2.09. The van der Waals surface area contributed by atoms with Gasteiger partial charge in [-0.05, 0) is 24.3 Å². The second-order valence-electron chi connectivity index (χ2n) is 6.33. The first-order valence-electron chi connectivity index (χ1n) is 9.00. The molecule has 0 N–H and O–H groups in total. The van der Waals surface area contributed by atoms with E-state index in [4.69, 9.17) is 0 Å². The number of nitrogens with zero attached hydrogens (tertiary/aromatic N) is 5. The fourth-order valence-electron chi connectivity index (χ4n) is 3.14. The average Bonchev–Trinajstić information content (AvgIpc) is 3.37. The van der Waals surface area contributed by atoms with Crippen molar-refractivity contribution < 1.29 is 0 Å². The molecule has 5 rings (SSSR count). The van der Waals surface area contributed by atoms with Crippen LogP contribution in [0.25, 0.3) is 22.7 Å². The van der Waals surface area contributed by atoms with E-state index in [1.807, 2.05) is 65.2 Å². The van der Waals surface area contributed by atoms with Crippen LogP contribution in [0, 0.1) is 0 Å². The Morgan fingerprint density at radius 3 is 2.32 bits per heavy atom. The molecule has 3 aromatic heterocycles. The second kappa shape index (κ2) is 7.32. The van der Waals surface area contributed by atoms with Gasteiger partial charge in [0.2, 0.25) is 0 Å². The molecule has 0 aliphatic carbocycles. The van der Waals surface area contributed by atoms with Gasteiger partial charge in [0.05, 0.1) is 5.69 Å². The summed E-state index contributed by atoms with van der Waals surface area (Å²) in [5.74, 6) is 1.56. The Morgan fingerprint density at radius 1 is 0.786 bits per heavy atom. The van der Waals surface area contributed by atoms with E-state index >= 15 is 0 Å². The quantitative estimate of drug-likeness (QED) is 0.406. The summed E-state index contributed by atoms with van der Waals surface area (Å²) < 4.78 is 4.14. The first kappa shape index (κ1) is 16.8. The molecule has 0 saturated heterocycles. The molecule has 6 heteroatoms. The molecule has 0 amide bonds. The van der Waals surface area contributed by atoms with Crippen molar-refractivity contribution in [2.24, 2.45) is 0 Å². The molecule has 0 fully saturated rings. The van der Waals surface area contributed by atoms with Gasteiger partial charge in [0.1, 0.15) is 5.65 Å². The van der Waals surface area contributed by atoms with Crippen LogP contribution < -0.4 is 0 Å². The predicted molar refractivity (Wildman–Crippen MR) is 112 cm³/mol. The summed E-state index contributed by atoms with van der Waals surface area (Å²) in [6.07, 6.45) is 4.07. The number of imidazole rings is 1. The smallest absolute Gasteiger partial charge is 0.196 e. The van der Waals surface area contributed by atoms with Crippen molar-refractivity contribution in [2.75, 3.05) is 0 Å². The van der Waals surface area contributed by atoms with Gasteiger partial charge >= 0.3 is 0 Å². The van der Waals surface area contributed by atoms with E-state index in [-0.39, 0.29) is 0 Å². The normalized spacial score (nSPS) is 11.1. The molecule has 0 spiro atoms. The van der Waals surface area contributed by atoms with Gasteiger partial charge in [-0.1, -0.05) is 66.4 Å². The van der Waals surface area contributed by atoms with Crippen molar-refractivity contribution in [2.45, 2.75) is 10.9 Å². The molecule has 0 saturated carbocycles. The van der Waals surface area contributed by atoms with Gasteiger partial charge < -0.3 is 4.40 Å². The molecular weight excluding hydrogens is 366 g/mol. The summed E-state index contributed by atoms with van der Waals surface area (Å²) in [5, 5.41) is 9.81. The minimum absolute atomic E-state index is 0.724. The molecule has 5 nitrogen and oxygen atoms in total. The number of hydrogen-bond acceptors (Lipinski definition) is 4. The SMILES string of the molecule is c1ccc(-c2nnc(SCc3cn4ccccc4n3)n2-c2ccccc2)cc1.